The monoisotopic (exact) mass is 311 g/mol. The normalized spacial score (nSPS) is 11.2. The van der Waals surface area contributed by atoms with Crippen molar-refractivity contribution in [3.8, 4) is 0 Å². The number of thiophene rings is 1. The predicted octanol–water partition coefficient (Wildman–Crippen LogP) is 1.59. The van der Waals surface area contributed by atoms with Crippen molar-refractivity contribution in [2.75, 3.05) is 20.1 Å². The fourth-order valence-electron chi connectivity index (χ4n) is 2.28. The Kier molecular flexibility index (Phi) is 6.84. The molecule has 1 heterocycles. The number of carbonyl (C=O) groups excluding carboxylic acids is 2. The molecule has 0 bridgehead atoms. The summed E-state index contributed by atoms with van der Waals surface area (Å²) in [5.74, 6) is -0.210. The number of rotatable bonds is 8. The van der Waals surface area contributed by atoms with Gasteiger partial charge in [-0.3, -0.25) is 9.59 Å². The third-order valence-electron chi connectivity index (χ3n) is 3.97. The molecule has 3 N–H and O–H groups in total. The highest BCUT2D eigenvalue weighted by atomic mass is 32.1. The molecule has 1 aromatic rings. The van der Waals surface area contributed by atoms with E-state index in [0.717, 1.165) is 4.88 Å². The van der Waals surface area contributed by atoms with Crippen molar-refractivity contribution in [2.24, 2.45) is 11.1 Å². The second kappa shape index (κ2) is 8.14. The second-order valence-electron chi connectivity index (χ2n) is 5.21. The maximum absolute atomic E-state index is 12.5. The molecule has 0 saturated heterocycles. The van der Waals surface area contributed by atoms with Gasteiger partial charge in [-0.25, -0.2) is 0 Å². The van der Waals surface area contributed by atoms with Crippen LogP contribution in [0.1, 0.15) is 31.6 Å². The summed E-state index contributed by atoms with van der Waals surface area (Å²) >= 11 is 1.59. The number of nitrogens with zero attached hydrogens (tertiary/aromatic N) is 1. The Morgan fingerprint density at radius 2 is 2.05 bits per heavy atom. The van der Waals surface area contributed by atoms with Crippen LogP contribution in [0.5, 0.6) is 0 Å². The second-order valence-corrected chi connectivity index (χ2v) is 6.24. The molecule has 0 aliphatic rings. The first-order valence-electron chi connectivity index (χ1n) is 7.23. The molecule has 0 aliphatic carbocycles. The van der Waals surface area contributed by atoms with Crippen LogP contribution in [0.2, 0.25) is 0 Å². The number of carbonyl (C=O) groups is 2. The molecule has 0 aromatic carbocycles. The lowest BCUT2D eigenvalue weighted by Crippen LogP contribution is -2.48. The van der Waals surface area contributed by atoms with Crippen LogP contribution in [0.4, 0.5) is 0 Å². The van der Waals surface area contributed by atoms with Crippen LogP contribution < -0.4 is 11.1 Å². The van der Waals surface area contributed by atoms with E-state index in [1.165, 1.54) is 4.90 Å². The summed E-state index contributed by atoms with van der Waals surface area (Å²) in [5.41, 5.74) is 5.22. The summed E-state index contributed by atoms with van der Waals surface area (Å²) in [5, 5.41) is 4.79. The number of likely N-dealkylation sites (N-methyl/N-ethyl adjacent to an activating group) is 1. The lowest BCUT2D eigenvalue weighted by molar-refractivity contribution is -0.143. The molecule has 1 rings (SSSR count). The van der Waals surface area contributed by atoms with E-state index in [-0.39, 0.29) is 18.4 Å². The number of hydrogen-bond acceptors (Lipinski definition) is 4. The first-order chi connectivity index (χ1) is 9.99. The van der Waals surface area contributed by atoms with Crippen LogP contribution in [0, 0.1) is 5.41 Å². The van der Waals surface area contributed by atoms with Crippen molar-refractivity contribution in [3.05, 3.63) is 22.4 Å². The van der Waals surface area contributed by atoms with Gasteiger partial charge in [0, 0.05) is 18.5 Å². The highest BCUT2D eigenvalue weighted by molar-refractivity contribution is 7.09. The minimum absolute atomic E-state index is 0.0544. The van der Waals surface area contributed by atoms with Gasteiger partial charge in [-0.2, -0.15) is 0 Å². The largest absolute Gasteiger partial charge is 0.350 e. The quantitative estimate of drug-likeness (QED) is 0.765. The summed E-state index contributed by atoms with van der Waals surface area (Å²) in [7, 11) is 1.66. The van der Waals surface area contributed by atoms with Crippen molar-refractivity contribution in [1.82, 2.24) is 10.2 Å². The first-order valence-corrected chi connectivity index (χ1v) is 8.11. The van der Waals surface area contributed by atoms with Crippen molar-refractivity contribution in [2.45, 2.75) is 33.2 Å². The van der Waals surface area contributed by atoms with E-state index < -0.39 is 5.41 Å². The molecule has 0 atom stereocenters. The van der Waals surface area contributed by atoms with Gasteiger partial charge in [0.25, 0.3) is 0 Å². The Balaban J connectivity index is 2.52. The van der Waals surface area contributed by atoms with Crippen LogP contribution in [0.15, 0.2) is 17.5 Å². The van der Waals surface area contributed by atoms with Crippen molar-refractivity contribution < 1.29 is 9.59 Å². The molecule has 0 aliphatic heterocycles. The zero-order valence-corrected chi connectivity index (χ0v) is 13.8. The van der Waals surface area contributed by atoms with Gasteiger partial charge in [0.15, 0.2) is 0 Å². The molecule has 0 spiro atoms. The van der Waals surface area contributed by atoms with Crippen LogP contribution in [0.25, 0.3) is 0 Å². The number of hydrogen-bond donors (Lipinski definition) is 2. The Hall–Kier alpha value is -1.40. The highest BCUT2D eigenvalue weighted by Gasteiger charge is 2.36. The Bertz CT molecular complexity index is 447. The van der Waals surface area contributed by atoms with Crippen LogP contribution in [-0.2, 0) is 16.1 Å². The number of nitrogens with one attached hydrogen (secondary N) is 1. The molecular formula is C15H25N3O2S. The summed E-state index contributed by atoms with van der Waals surface area (Å²) < 4.78 is 0. The number of nitrogens with two attached hydrogens (primary N) is 1. The molecule has 2 amide bonds. The van der Waals surface area contributed by atoms with Crippen molar-refractivity contribution in [1.29, 1.82) is 0 Å². The van der Waals surface area contributed by atoms with Gasteiger partial charge < -0.3 is 16.0 Å². The molecule has 118 valence electrons. The van der Waals surface area contributed by atoms with Gasteiger partial charge in [-0.1, -0.05) is 19.9 Å². The molecule has 0 saturated carbocycles. The summed E-state index contributed by atoms with van der Waals surface area (Å²) in [4.78, 5) is 27.0. The van der Waals surface area contributed by atoms with Gasteiger partial charge in [-0.05, 0) is 24.3 Å². The standard InChI is InChI=1S/C15H25N3O2S/c1-4-15(5-2,11-16)14(20)18(3)10-13(19)17-9-12-7-6-8-21-12/h6-8H,4-5,9-11,16H2,1-3H3,(H,17,19). The molecule has 0 radical (unpaired) electrons. The van der Waals surface area contributed by atoms with Crippen LogP contribution in [-0.4, -0.2) is 36.9 Å². The minimum atomic E-state index is -0.553. The molecule has 0 fully saturated rings. The van der Waals surface area contributed by atoms with E-state index >= 15 is 0 Å². The average Bonchev–Trinajstić information content (AvgIpc) is 3.00. The number of amides is 2. The summed E-state index contributed by atoms with van der Waals surface area (Å²) in [6, 6.07) is 3.91. The lowest BCUT2D eigenvalue weighted by Gasteiger charge is -2.32. The average molecular weight is 311 g/mol. The lowest BCUT2D eigenvalue weighted by atomic mass is 9.81. The first kappa shape index (κ1) is 17.7. The Morgan fingerprint density at radius 3 is 2.52 bits per heavy atom. The van der Waals surface area contributed by atoms with Crippen LogP contribution >= 0.6 is 11.3 Å². The van der Waals surface area contributed by atoms with E-state index in [9.17, 15) is 9.59 Å². The molecule has 6 heteroatoms. The smallest absolute Gasteiger partial charge is 0.239 e. The van der Waals surface area contributed by atoms with Gasteiger partial charge in [-0.15, -0.1) is 11.3 Å². The van der Waals surface area contributed by atoms with Crippen LogP contribution in [0.3, 0.4) is 0 Å². The molecule has 0 unspecified atom stereocenters. The van der Waals surface area contributed by atoms with Crippen molar-refractivity contribution in [3.63, 3.8) is 0 Å². The van der Waals surface area contributed by atoms with E-state index in [0.29, 0.717) is 25.9 Å². The maximum atomic E-state index is 12.5. The Labute approximate surface area is 130 Å². The molecular weight excluding hydrogens is 286 g/mol. The van der Waals surface area contributed by atoms with Gasteiger partial charge >= 0.3 is 0 Å². The SMILES string of the molecule is CCC(CC)(CN)C(=O)N(C)CC(=O)NCc1cccs1. The topological polar surface area (TPSA) is 75.4 Å². The van der Waals surface area contributed by atoms with Gasteiger partial charge in [0.05, 0.1) is 18.5 Å². The maximum Gasteiger partial charge on any atom is 0.239 e. The summed E-state index contributed by atoms with van der Waals surface area (Å²) in [6.07, 6.45) is 1.36. The Morgan fingerprint density at radius 1 is 1.38 bits per heavy atom. The minimum Gasteiger partial charge on any atom is -0.350 e. The van der Waals surface area contributed by atoms with Gasteiger partial charge in [0.1, 0.15) is 0 Å². The molecule has 21 heavy (non-hydrogen) atoms. The third-order valence-corrected chi connectivity index (χ3v) is 4.84. The summed E-state index contributed by atoms with van der Waals surface area (Å²) in [6.45, 7) is 4.78. The molecule has 1 aromatic heterocycles. The van der Waals surface area contributed by atoms with Crippen molar-refractivity contribution >= 4 is 23.2 Å². The molecule has 5 nitrogen and oxygen atoms in total. The van der Waals surface area contributed by atoms with E-state index in [2.05, 4.69) is 5.32 Å². The predicted molar refractivity (Wildman–Crippen MR) is 85.9 cm³/mol. The van der Waals surface area contributed by atoms with E-state index in [1.54, 1.807) is 18.4 Å². The third kappa shape index (κ3) is 4.54. The highest BCUT2D eigenvalue weighted by Crippen LogP contribution is 2.27. The van der Waals surface area contributed by atoms with E-state index in [4.69, 9.17) is 5.73 Å². The zero-order chi connectivity index (χ0) is 15.9. The fourth-order valence-corrected chi connectivity index (χ4v) is 2.92. The van der Waals surface area contributed by atoms with Gasteiger partial charge in [0.2, 0.25) is 11.8 Å². The zero-order valence-electron chi connectivity index (χ0n) is 13.0. The van der Waals surface area contributed by atoms with E-state index in [1.807, 2.05) is 31.4 Å². The fraction of sp³-hybridized carbons (Fsp3) is 0.600.